The molecule has 1 saturated heterocycles. The molecule has 2 atom stereocenters. The highest BCUT2D eigenvalue weighted by Crippen LogP contribution is 2.24. The molecular formula is C13H28N2S. The monoisotopic (exact) mass is 244 g/mol. The molecule has 1 rings (SSSR count). The molecule has 0 radical (unpaired) electrons. The zero-order valence-corrected chi connectivity index (χ0v) is 12.4. The number of hydrogen-bond donors (Lipinski definition) is 1. The van der Waals surface area contributed by atoms with E-state index in [-0.39, 0.29) is 0 Å². The predicted molar refractivity (Wildman–Crippen MR) is 75.3 cm³/mol. The normalized spacial score (nSPS) is 28.3. The molecule has 0 bridgehead atoms. The average Bonchev–Trinajstić information content (AvgIpc) is 2.23. The molecule has 0 spiro atoms. The first-order chi connectivity index (χ1) is 7.48. The highest BCUT2D eigenvalue weighted by molar-refractivity contribution is 7.99. The van der Waals surface area contributed by atoms with E-state index in [2.05, 4.69) is 44.2 Å². The highest BCUT2D eigenvalue weighted by atomic mass is 32.2. The average molecular weight is 244 g/mol. The molecule has 0 saturated carbocycles. The zero-order chi connectivity index (χ0) is 12.2. The summed E-state index contributed by atoms with van der Waals surface area (Å²) in [4.78, 5) is 2.66. The van der Waals surface area contributed by atoms with Crippen LogP contribution in [0.25, 0.3) is 0 Å². The van der Waals surface area contributed by atoms with E-state index in [0.29, 0.717) is 16.8 Å². The summed E-state index contributed by atoms with van der Waals surface area (Å²) in [6, 6.07) is 1.39. The Kier molecular flexibility index (Phi) is 5.62. The van der Waals surface area contributed by atoms with Crippen molar-refractivity contribution in [2.75, 3.05) is 25.9 Å². The van der Waals surface area contributed by atoms with Crippen LogP contribution in [-0.4, -0.2) is 47.6 Å². The second-order valence-corrected chi connectivity index (χ2v) is 7.15. The van der Waals surface area contributed by atoms with E-state index in [4.69, 9.17) is 0 Å². The third kappa shape index (κ3) is 4.27. The van der Waals surface area contributed by atoms with E-state index in [1.54, 1.807) is 0 Å². The largest absolute Gasteiger partial charge is 0.311 e. The van der Waals surface area contributed by atoms with Crippen LogP contribution >= 0.6 is 11.8 Å². The molecule has 1 aliphatic rings. The van der Waals surface area contributed by atoms with Crippen molar-refractivity contribution >= 4 is 11.8 Å². The highest BCUT2D eigenvalue weighted by Gasteiger charge is 2.28. The van der Waals surface area contributed by atoms with Crippen molar-refractivity contribution < 1.29 is 0 Å². The lowest BCUT2D eigenvalue weighted by Gasteiger charge is -2.42. The molecule has 2 nitrogen and oxygen atoms in total. The minimum absolute atomic E-state index is 0.377. The van der Waals surface area contributed by atoms with Crippen molar-refractivity contribution in [2.45, 2.75) is 57.4 Å². The second kappa shape index (κ2) is 6.27. The summed E-state index contributed by atoms with van der Waals surface area (Å²) >= 11 is 1.98. The van der Waals surface area contributed by atoms with E-state index < -0.39 is 0 Å². The standard InChI is InChI=1S/C13H28N2S/c1-6-7-12-9-15(11(2)8-14-12)10-13(3,4)16-5/h11-12,14H,6-10H2,1-5H3. The Labute approximate surface area is 106 Å². The van der Waals surface area contributed by atoms with Crippen molar-refractivity contribution in [1.82, 2.24) is 10.2 Å². The maximum atomic E-state index is 3.66. The molecule has 0 aromatic heterocycles. The van der Waals surface area contributed by atoms with Gasteiger partial charge in [-0.2, -0.15) is 11.8 Å². The van der Waals surface area contributed by atoms with Gasteiger partial charge in [0.25, 0.3) is 0 Å². The van der Waals surface area contributed by atoms with Gasteiger partial charge in [-0.3, -0.25) is 4.90 Å². The van der Waals surface area contributed by atoms with Gasteiger partial charge < -0.3 is 5.32 Å². The third-order valence-electron chi connectivity index (χ3n) is 3.55. The zero-order valence-electron chi connectivity index (χ0n) is 11.5. The lowest BCUT2D eigenvalue weighted by Crippen LogP contribution is -2.57. The van der Waals surface area contributed by atoms with Crippen LogP contribution in [0.15, 0.2) is 0 Å². The molecule has 0 amide bonds. The molecular weight excluding hydrogens is 216 g/mol. The summed E-state index contributed by atoms with van der Waals surface area (Å²) in [6.45, 7) is 12.9. The van der Waals surface area contributed by atoms with E-state index in [1.165, 1.54) is 25.9 Å². The second-order valence-electron chi connectivity index (χ2n) is 5.64. The Morgan fingerprint density at radius 2 is 2.12 bits per heavy atom. The molecule has 96 valence electrons. The molecule has 0 aromatic rings. The fourth-order valence-corrected chi connectivity index (χ4v) is 2.60. The van der Waals surface area contributed by atoms with Crippen LogP contribution in [0.1, 0.15) is 40.5 Å². The van der Waals surface area contributed by atoms with E-state index >= 15 is 0 Å². The quantitative estimate of drug-likeness (QED) is 0.800. The van der Waals surface area contributed by atoms with Crippen molar-refractivity contribution in [3.63, 3.8) is 0 Å². The van der Waals surface area contributed by atoms with Crippen molar-refractivity contribution in [1.29, 1.82) is 0 Å². The molecule has 16 heavy (non-hydrogen) atoms. The van der Waals surface area contributed by atoms with Crippen LogP contribution in [0, 0.1) is 0 Å². The number of thioether (sulfide) groups is 1. The summed E-state index contributed by atoms with van der Waals surface area (Å²) in [5, 5.41) is 3.66. The summed E-state index contributed by atoms with van der Waals surface area (Å²) in [6.07, 6.45) is 4.81. The molecule has 1 N–H and O–H groups in total. The number of nitrogens with zero attached hydrogens (tertiary/aromatic N) is 1. The SMILES string of the molecule is CCCC1CN(CC(C)(C)SC)C(C)CN1. The van der Waals surface area contributed by atoms with E-state index in [1.807, 2.05) is 11.8 Å². The van der Waals surface area contributed by atoms with Crippen LogP contribution in [-0.2, 0) is 0 Å². The van der Waals surface area contributed by atoms with Gasteiger partial charge in [-0.05, 0) is 33.4 Å². The number of nitrogens with one attached hydrogen (secondary N) is 1. The summed E-state index contributed by atoms with van der Waals surface area (Å²) in [5.74, 6) is 0. The van der Waals surface area contributed by atoms with Gasteiger partial charge in [0, 0.05) is 36.5 Å². The van der Waals surface area contributed by atoms with Crippen LogP contribution in [0.4, 0.5) is 0 Å². The topological polar surface area (TPSA) is 15.3 Å². The summed E-state index contributed by atoms with van der Waals surface area (Å²) in [5.41, 5.74) is 0. The van der Waals surface area contributed by atoms with Crippen molar-refractivity contribution in [3.05, 3.63) is 0 Å². The first-order valence-electron chi connectivity index (χ1n) is 6.51. The molecule has 0 aromatic carbocycles. The molecule has 3 heteroatoms. The molecule has 0 aliphatic carbocycles. The van der Waals surface area contributed by atoms with Gasteiger partial charge in [0.15, 0.2) is 0 Å². The summed E-state index contributed by atoms with van der Waals surface area (Å²) < 4.78 is 0.377. The Bertz CT molecular complexity index is 206. The Morgan fingerprint density at radius 3 is 2.69 bits per heavy atom. The van der Waals surface area contributed by atoms with Crippen LogP contribution in [0.2, 0.25) is 0 Å². The van der Waals surface area contributed by atoms with Gasteiger partial charge in [-0.15, -0.1) is 0 Å². The maximum absolute atomic E-state index is 3.66. The van der Waals surface area contributed by atoms with Gasteiger partial charge in [0.1, 0.15) is 0 Å². The molecule has 1 heterocycles. The van der Waals surface area contributed by atoms with E-state index in [9.17, 15) is 0 Å². The van der Waals surface area contributed by atoms with Crippen LogP contribution < -0.4 is 5.32 Å². The van der Waals surface area contributed by atoms with Gasteiger partial charge in [-0.1, -0.05) is 13.3 Å². The third-order valence-corrected chi connectivity index (χ3v) is 4.79. The smallest absolute Gasteiger partial charge is 0.0228 e. The van der Waals surface area contributed by atoms with Gasteiger partial charge in [0.2, 0.25) is 0 Å². The number of hydrogen-bond acceptors (Lipinski definition) is 3. The minimum Gasteiger partial charge on any atom is -0.311 e. The molecule has 1 aliphatic heterocycles. The molecule has 1 fully saturated rings. The lowest BCUT2D eigenvalue weighted by atomic mass is 10.0. The first kappa shape index (κ1) is 14.3. The fourth-order valence-electron chi connectivity index (χ4n) is 2.31. The van der Waals surface area contributed by atoms with E-state index in [0.717, 1.165) is 6.54 Å². The first-order valence-corrected chi connectivity index (χ1v) is 7.73. The minimum atomic E-state index is 0.377. The van der Waals surface area contributed by atoms with Crippen molar-refractivity contribution in [2.24, 2.45) is 0 Å². The van der Waals surface area contributed by atoms with Gasteiger partial charge in [-0.25, -0.2) is 0 Å². The number of rotatable bonds is 5. The summed E-state index contributed by atoms with van der Waals surface area (Å²) in [7, 11) is 0. The fraction of sp³-hybridized carbons (Fsp3) is 1.00. The Hall–Kier alpha value is 0.270. The van der Waals surface area contributed by atoms with Crippen LogP contribution in [0.3, 0.4) is 0 Å². The predicted octanol–water partition coefficient (Wildman–Crippen LogP) is 2.59. The van der Waals surface area contributed by atoms with Crippen molar-refractivity contribution in [3.8, 4) is 0 Å². The lowest BCUT2D eigenvalue weighted by molar-refractivity contribution is 0.128. The Morgan fingerprint density at radius 1 is 1.44 bits per heavy atom. The Balaban J connectivity index is 2.49. The maximum Gasteiger partial charge on any atom is 0.0228 e. The van der Waals surface area contributed by atoms with Gasteiger partial charge in [0.05, 0.1) is 0 Å². The van der Waals surface area contributed by atoms with Gasteiger partial charge >= 0.3 is 0 Å². The molecule has 2 unspecified atom stereocenters. The number of piperazine rings is 1. The van der Waals surface area contributed by atoms with Crippen LogP contribution in [0.5, 0.6) is 0 Å².